The van der Waals surface area contributed by atoms with E-state index in [1.54, 1.807) is 35.4 Å². The number of hydrogen-bond donors (Lipinski definition) is 1. The van der Waals surface area contributed by atoms with Crippen LogP contribution in [-0.2, 0) is 0 Å². The minimum Gasteiger partial charge on any atom is -0.486 e. The summed E-state index contributed by atoms with van der Waals surface area (Å²) >= 11 is 0. The van der Waals surface area contributed by atoms with Crippen LogP contribution in [0.25, 0.3) is 10.9 Å². The first-order valence-corrected chi connectivity index (χ1v) is 8.34. The maximum atomic E-state index is 13.3. The van der Waals surface area contributed by atoms with Crippen LogP contribution in [-0.4, -0.2) is 46.2 Å². The van der Waals surface area contributed by atoms with Gasteiger partial charge in [0.1, 0.15) is 23.8 Å². The van der Waals surface area contributed by atoms with Gasteiger partial charge in [0.05, 0.1) is 18.6 Å². The second kappa shape index (κ2) is 6.72. The smallest absolute Gasteiger partial charge is 0.254 e. The normalized spacial score (nSPS) is 19.7. The van der Waals surface area contributed by atoms with Crippen LogP contribution in [0.4, 0.5) is 4.39 Å². The fourth-order valence-electron chi connectivity index (χ4n) is 3.14. The van der Waals surface area contributed by atoms with E-state index in [-0.39, 0.29) is 19.0 Å². The van der Waals surface area contributed by atoms with Crippen molar-refractivity contribution in [1.29, 1.82) is 0 Å². The highest BCUT2D eigenvalue weighted by molar-refractivity contribution is 5.98. The van der Waals surface area contributed by atoms with Crippen LogP contribution < -0.4 is 4.74 Å². The molecule has 0 spiro atoms. The van der Waals surface area contributed by atoms with Gasteiger partial charge in [-0.1, -0.05) is 12.1 Å². The minimum atomic E-state index is -0.829. The predicted octanol–water partition coefficient (Wildman–Crippen LogP) is 2.64. The van der Waals surface area contributed by atoms with Gasteiger partial charge in [-0.3, -0.25) is 9.78 Å². The molecule has 1 aliphatic rings. The number of halogens is 1. The molecular weight excluding hydrogens is 335 g/mol. The van der Waals surface area contributed by atoms with E-state index in [0.717, 1.165) is 10.9 Å². The van der Waals surface area contributed by atoms with Crippen molar-refractivity contribution in [2.24, 2.45) is 0 Å². The topological polar surface area (TPSA) is 62.7 Å². The van der Waals surface area contributed by atoms with E-state index in [9.17, 15) is 14.3 Å². The molecule has 132 valence electrons. The van der Waals surface area contributed by atoms with E-state index in [2.05, 4.69) is 4.98 Å². The molecule has 2 heterocycles. The molecule has 1 N–H and O–H groups in total. The number of likely N-dealkylation sites (tertiary alicyclic amines) is 1. The Bertz CT molecular complexity index is 962. The van der Waals surface area contributed by atoms with Crippen molar-refractivity contribution in [3.8, 4) is 5.75 Å². The molecule has 3 aromatic rings. The molecule has 26 heavy (non-hydrogen) atoms. The highest BCUT2D eigenvalue weighted by Crippen LogP contribution is 2.22. The van der Waals surface area contributed by atoms with Gasteiger partial charge < -0.3 is 14.7 Å². The number of rotatable bonds is 3. The third-order valence-electron chi connectivity index (χ3n) is 4.46. The maximum absolute atomic E-state index is 13.3. The largest absolute Gasteiger partial charge is 0.486 e. The molecule has 5 nitrogen and oxygen atoms in total. The summed E-state index contributed by atoms with van der Waals surface area (Å²) in [5, 5.41) is 11.1. The molecule has 0 saturated carbocycles. The Kier molecular flexibility index (Phi) is 4.26. The van der Waals surface area contributed by atoms with Gasteiger partial charge in [-0.25, -0.2) is 4.39 Å². The average Bonchev–Trinajstić information content (AvgIpc) is 3.01. The van der Waals surface area contributed by atoms with E-state index in [1.165, 1.54) is 18.2 Å². The molecule has 1 saturated heterocycles. The molecular formula is C20H17FN2O3. The molecule has 6 heteroatoms. The van der Waals surface area contributed by atoms with Crippen LogP contribution in [0.15, 0.2) is 60.8 Å². The number of fused-ring (bicyclic) bond motifs is 1. The third-order valence-corrected chi connectivity index (χ3v) is 4.46. The van der Waals surface area contributed by atoms with Crippen LogP contribution in [0.2, 0.25) is 0 Å². The lowest BCUT2D eigenvalue weighted by molar-refractivity contribution is 0.0728. The molecule has 0 aliphatic carbocycles. The minimum absolute atomic E-state index is 0.171. The summed E-state index contributed by atoms with van der Waals surface area (Å²) in [5.41, 5.74) is 1.35. The maximum Gasteiger partial charge on any atom is 0.254 e. The van der Waals surface area contributed by atoms with Crippen LogP contribution in [0.5, 0.6) is 5.75 Å². The first-order chi connectivity index (χ1) is 12.6. The van der Waals surface area contributed by atoms with Crippen molar-refractivity contribution in [3.05, 3.63) is 72.2 Å². The number of carbonyl (C=O) groups excluding carboxylic acids is 1. The van der Waals surface area contributed by atoms with Gasteiger partial charge in [0.25, 0.3) is 5.91 Å². The lowest BCUT2D eigenvalue weighted by atomic mass is 10.1. The van der Waals surface area contributed by atoms with Crippen LogP contribution in [0, 0.1) is 5.82 Å². The van der Waals surface area contributed by atoms with Gasteiger partial charge in [-0.15, -0.1) is 0 Å². The predicted molar refractivity (Wildman–Crippen MR) is 94.5 cm³/mol. The molecule has 0 bridgehead atoms. The Morgan fingerprint density at radius 3 is 2.88 bits per heavy atom. The molecule has 1 aliphatic heterocycles. The van der Waals surface area contributed by atoms with Gasteiger partial charge in [0.2, 0.25) is 0 Å². The van der Waals surface area contributed by atoms with Crippen molar-refractivity contribution in [1.82, 2.24) is 9.88 Å². The lowest BCUT2D eigenvalue weighted by Gasteiger charge is -2.17. The van der Waals surface area contributed by atoms with Gasteiger partial charge in [0.15, 0.2) is 0 Å². The van der Waals surface area contributed by atoms with Gasteiger partial charge in [-0.05, 0) is 36.4 Å². The molecule has 4 rings (SSSR count). The number of β-amino-alcohol motifs (C(OH)–C–C–N with tert-alkyl or cyclic N) is 1. The van der Waals surface area contributed by atoms with Gasteiger partial charge in [-0.2, -0.15) is 0 Å². The van der Waals surface area contributed by atoms with E-state index in [4.69, 9.17) is 4.74 Å². The monoisotopic (exact) mass is 352 g/mol. The Morgan fingerprint density at radius 1 is 1.15 bits per heavy atom. The van der Waals surface area contributed by atoms with Crippen LogP contribution >= 0.6 is 0 Å². The Labute approximate surface area is 149 Å². The zero-order chi connectivity index (χ0) is 18.1. The van der Waals surface area contributed by atoms with Crippen LogP contribution in [0.3, 0.4) is 0 Å². The summed E-state index contributed by atoms with van der Waals surface area (Å²) in [4.78, 5) is 18.6. The zero-order valence-electron chi connectivity index (χ0n) is 13.9. The molecule has 1 aromatic heterocycles. The number of benzene rings is 2. The Hall–Kier alpha value is -2.99. The number of amides is 1. The summed E-state index contributed by atoms with van der Waals surface area (Å²) in [6.07, 6.45) is 0.280. The number of ether oxygens (including phenoxy) is 1. The molecule has 2 aromatic carbocycles. The molecule has 2 atom stereocenters. The standard InChI is InChI=1S/C20H17FN2O3/c21-15-4-1-5-16(10-15)26-19-12-23(11-18(19)24)20(25)14-6-7-17-13(9-14)3-2-8-22-17/h1-10,18-19,24H,11-12H2/t18-,19-/m1/s1. The number of aromatic nitrogens is 1. The van der Waals surface area contributed by atoms with E-state index < -0.39 is 18.0 Å². The highest BCUT2D eigenvalue weighted by Gasteiger charge is 2.36. The first kappa shape index (κ1) is 16.5. The fourth-order valence-corrected chi connectivity index (χ4v) is 3.14. The lowest BCUT2D eigenvalue weighted by Crippen LogP contribution is -2.31. The first-order valence-electron chi connectivity index (χ1n) is 8.34. The van der Waals surface area contributed by atoms with Crippen molar-refractivity contribution < 1.29 is 19.0 Å². The molecule has 0 radical (unpaired) electrons. The summed E-state index contributed by atoms with van der Waals surface area (Å²) in [7, 11) is 0. The van der Waals surface area contributed by atoms with Gasteiger partial charge in [0, 0.05) is 23.2 Å². The number of aliphatic hydroxyl groups is 1. The highest BCUT2D eigenvalue weighted by atomic mass is 19.1. The van der Waals surface area contributed by atoms with Crippen molar-refractivity contribution in [2.45, 2.75) is 12.2 Å². The quantitative estimate of drug-likeness (QED) is 0.787. The molecule has 1 amide bonds. The SMILES string of the molecule is O=C(c1ccc2ncccc2c1)N1C[C@@H](O)[C@H](Oc2cccc(F)c2)C1. The summed E-state index contributed by atoms with van der Waals surface area (Å²) < 4.78 is 18.9. The van der Waals surface area contributed by atoms with Crippen molar-refractivity contribution in [3.63, 3.8) is 0 Å². The third kappa shape index (κ3) is 3.23. The van der Waals surface area contributed by atoms with Crippen molar-refractivity contribution in [2.75, 3.05) is 13.1 Å². The summed E-state index contributed by atoms with van der Waals surface area (Å²) in [5.74, 6) is -0.257. The Balaban J connectivity index is 1.50. The number of carbonyl (C=O) groups is 1. The van der Waals surface area contributed by atoms with Crippen molar-refractivity contribution >= 4 is 16.8 Å². The average molecular weight is 352 g/mol. The summed E-state index contributed by atoms with van der Waals surface area (Å²) in [6.45, 7) is 0.408. The number of hydrogen-bond acceptors (Lipinski definition) is 4. The number of pyridine rings is 1. The zero-order valence-corrected chi connectivity index (χ0v) is 13.9. The molecule has 0 unspecified atom stereocenters. The number of nitrogens with zero attached hydrogens (tertiary/aromatic N) is 2. The Morgan fingerprint density at radius 2 is 2.04 bits per heavy atom. The van der Waals surface area contributed by atoms with E-state index in [1.807, 2.05) is 12.1 Å². The summed E-state index contributed by atoms with van der Waals surface area (Å²) in [6, 6.07) is 14.8. The second-order valence-electron chi connectivity index (χ2n) is 6.30. The second-order valence-corrected chi connectivity index (χ2v) is 6.30. The van der Waals surface area contributed by atoms with Crippen LogP contribution in [0.1, 0.15) is 10.4 Å². The van der Waals surface area contributed by atoms with Gasteiger partial charge >= 0.3 is 0 Å². The van der Waals surface area contributed by atoms with E-state index >= 15 is 0 Å². The molecule has 1 fully saturated rings. The fraction of sp³-hybridized carbons (Fsp3) is 0.200. The van der Waals surface area contributed by atoms with E-state index in [0.29, 0.717) is 11.3 Å². The number of aliphatic hydroxyl groups excluding tert-OH is 1.